The molecule has 2 aliphatic rings. The predicted octanol–water partition coefficient (Wildman–Crippen LogP) is 3.42. The third-order valence-electron chi connectivity index (χ3n) is 5.89. The second-order valence-corrected chi connectivity index (χ2v) is 7.59. The Hall–Kier alpha value is -0.120. The lowest BCUT2D eigenvalue weighted by atomic mass is 9.71. The molecular formula is C18H36N2O. The van der Waals surface area contributed by atoms with Gasteiger partial charge in [0.05, 0.1) is 6.10 Å². The maximum absolute atomic E-state index is 6.25. The topological polar surface area (TPSA) is 38.5 Å². The molecule has 0 amide bonds. The second-order valence-electron chi connectivity index (χ2n) is 7.59. The van der Waals surface area contributed by atoms with Gasteiger partial charge in [0.15, 0.2) is 0 Å². The van der Waals surface area contributed by atoms with Crippen LogP contribution >= 0.6 is 0 Å². The first-order valence-electron chi connectivity index (χ1n) is 9.18. The Kier molecular flexibility index (Phi) is 6.51. The van der Waals surface area contributed by atoms with Crippen molar-refractivity contribution < 1.29 is 4.74 Å². The van der Waals surface area contributed by atoms with Crippen molar-refractivity contribution in [3.8, 4) is 0 Å². The van der Waals surface area contributed by atoms with Gasteiger partial charge in [0.2, 0.25) is 0 Å². The van der Waals surface area contributed by atoms with Crippen LogP contribution in [-0.2, 0) is 4.74 Å². The fourth-order valence-electron chi connectivity index (χ4n) is 4.28. The highest BCUT2D eigenvalue weighted by Crippen LogP contribution is 2.40. The van der Waals surface area contributed by atoms with E-state index in [1.54, 1.807) is 0 Å². The van der Waals surface area contributed by atoms with Crippen LogP contribution in [0.3, 0.4) is 0 Å². The van der Waals surface area contributed by atoms with Gasteiger partial charge in [-0.2, -0.15) is 0 Å². The fraction of sp³-hybridized carbons (Fsp3) is 1.00. The number of likely N-dealkylation sites (tertiary alicyclic amines) is 1. The van der Waals surface area contributed by atoms with E-state index in [-0.39, 0.29) is 5.54 Å². The van der Waals surface area contributed by atoms with Crippen LogP contribution in [0.15, 0.2) is 0 Å². The molecule has 1 atom stereocenters. The van der Waals surface area contributed by atoms with Crippen molar-refractivity contribution in [2.75, 3.05) is 26.2 Å². The third-order valence-corrected chi connectivity index (χ3v) is 5.89. The van der Waals surface area contributed by atoms with Gasteiger partial charge in [-0.15, -0.1) is 0 Å². The van der Waals surface area contributed by atoms with Gasteiger partial charge in [0.1, 0.15) is 0 Å². The maximum Gasteiger partial charge on any atom is 0.0702 e. The summed E-state index contributed by atoms with van der Waals surface area (Å²) in [6, 6.07) is 0. The molecule has 0 spiro atoms. The minimum Gasteiger partial charge on any atom is -0.377 e. The van der Waals surface area contributed by atoms with Gasteiger partial charge in [-0.25, -0.2) is 0 Å². The highest BCUT2D eigenvalue weighted by molar-refractivity contribution is 4.98. The lowest BCUT2D eigenvalue weighted by Gasteiger charge is -2.50. The average Bonchev–Trinajstić information content (AvgIpc) is 2.53. The Morgan fingerprint density at radius 3 is 2.52 bits per heavy atom. The van der Waals surface area contributed by atoms with Crippen molar-refractivity contribution in [2.24, 2.45) is 17.6 Å². The van der Waals surface area contributed by atoms with E-state index in [0.717, 1.165) is 38.0 Å². The molecule has 3 heteroatoms. The van der Waals surface area contributed by atoms with Crippen LogP contribution in [0.5, 0.6) is 0 Å². The van der Waals surface area contributed by atoms with Crippen molar-refractivity contribution in [1.29, 1.82) is 0 Å². The molecule has 0 bridgehead atoms. The molecule has 1 saturated carbocycles. The third kappa shape index (κ3) is 4.20. The van der Waals surface area contributed by atoms with E-state index in [4.69, 9.17) is 10.5 Å². The number of piperidine rings is 1. The van der Waals surface area contributed by atoms with E-state index in [2.05, 4.69) is 25.7 Å². The van der Waals surface area contributed by atoms with Crippen LogP contribution in [0.4, 0.5) is 0 Å². The molecule has 1 saturated heterocycles. The Morgan fingerprint density at radius 2 is 1.95 bits per heavy atom. The number of hydrogen-bond donors (Lipinski definition) is 1. The van der Waals surface area contributed by atoms with Crippen LogP contribution < -0.4 is 5.73 Å². The number of hydrogen-bond acceptors (Lipinski definition) is 3. The molecule has 1 unspecified atom stereocenters. The van der Waals surface area contributed by atoms with Crippen molar-refractivity contribution in [3.63, 3.8) is 0 Å². The zero-order valence-corrected chi connectivity index (χ0v) is 14.4. The van der Waals surface area contributed by atoms with Crippen LogP contribution in [-0.4, -0.2) is 42.8 Å². The molecule has 1 aliphatic carbocycles. The van der Waals surface area contributed by atoms with Gasteiger partial charge in [-0.05, 0) is 63.3 Å². The van der Waals surface area contributed by atoms with Crippen molar-refractivity contribution in [1.82, 2.24) is 4.90 Å². The first-order chi connectivity index (χ1) is 10.1. The molecule has 1 heterocycles. The zero-order valence-electron chi connectivity index (χ0n) is 14.4. The Labute approximate surface area is 131 Å². The molecule has 124 valence electrons. The summed E-state index contributed by atoms with van der Waals surface area (Å²) >= 11 is 0. The number of ether oxygens (including phenoxy) is 1. The predicted molar refractivity (Wildman–Crippen MR) is 89.4 cm³/mol. The summed E-state index contributed by atoms with van der Waals surface area (Å²) in [5, 5.41) is 0. The number of nitrogens with two attached hydrogens (primary N) is 1. The van der Waals surface area contributed by atoms with E-state index in [0.29, 0.717) is 6.10 Å². The molecule has 0 aromatic carbocycles. The monoisotopic (exact) mass is 296 g/mol. The van der Waals surface area contributed by atoms with Crippen molar-refractivity contribution in [2.45, 2.75) is 77.4 Å². The van der Waals surface area contributed by atoms with Crippen molar-refractivity contribution in [3.05, 3.63) is 0 Å². The molecule has 0 aromatic heterocycles. The van der Waals surface area contributed by atoms with Crippen LogP contribution in [0, 0.1) is 11.8 Å². The van der Waals surface area contributed by atoms with Gasteiger partial charge in [-0.3, -0.25) is 4.90 Å². The molecular weight excluding hydrogens is 260 g/mol. The molecule has 2 N–H and O–H groups in total. The highest BCUT2D eigenvalue weighted by Gasteiger charge is 2.41. The van der Waals surface area contributed by atoms with Crippen LogP contribution in [0.25, 0.3) is 0 Å². The summed E-state index contributed by atoms with van der Waals surface area (Å²) in [5.74, 6) is 1.73. The Bertz CT molecular complexity index is 298. The standard InChI is InChI=1S/C18H36N2O/c1-4-12-21-17-6-5-11-20(13-17)18(14-19)9-7-16(8-10-18)15(2)3/h15-17H,4-14,19H2,1-3H3. The lowest BCUT2D eigenvalue weighted by molar-refractivity contribution is -0.0521. The molecule has 21 heavy (non-hydrogen) atoms. The second kappa shape index (κ2) is 7.94. The summed E-state index contributed by atoms with van der Waals surface area (Å²) in [7, 11) is 0. The normalized spacial score (nSPS) is 35.3. The van der Waals surface area contributed by atoms with Gasteiger partial charge < -0.3 is 10.5 Å². The van der Waals surface area contributed by atoms with E-state index in [1.165, 1.54) is 45.1 Å². The minimum absolute atomic E-state index is 0.264. The molecule has 1 aliphatic heterocycles. The summed E-state index contributed by atoms with van der Waals surface area (Å²) in [5.41, 5.74) is 6.52. The van der Waals surface area contributed by atoms with Gasteiger partial charge >= 0.3 is 0 Å². The van der Waals surface area contributed by atoms with Gasteiger partial charge in [0.25, 0.3) is 0 Å². The van der Waals surface area contributed by atoms with E-state index in [1.807, 2.05) is 0 Å². The first kappa shape index (κ1) is 17.2. The van der Waals surface area contributed by atoms with Crippen LogP contribution in [0.2, 0.25) is 0 Å². The Morgan fingerprint density at radius 1 is 1.24 bits per heavy atom. The van der Waals surface area contributed by atoms with Crippen LogP contribution in [0.1, 0.15) is 65.7 Å². The van der Waals surface area contributed by atoms with E-state index in [9.17, 15) is 0 Å². The lowest BCUT2D eigenvalue weighted by Crippen LogP contribution is -2.59. The number of nitrogens with zero attached hydrogens (tertiary/aromatic N) is 1. The first-order valence-corrected chi connectivity index (χ1v) is 9.18. The molecule has 0 aromatic rings. The van der Waals surface area contributed by atoms with E-state index >= 15 is 0 Å². The van der Waals surface area contributed by atoms with Crippen molar-refractivity contribution >= 4 is 0 Å². The summed E-state index contributed by atoms with van der Waals surface area (Å²) < 4.78 is 6.02. The summed E-state index contributed by atoms with van der Waals surface area (Å²) in [6.07, 6.45) is 9.33. The molecule has 0 radical (unpaired) electrons. The molecule has 2 fully saturated rings. The molecule has 2 rings (SSSR count). The maximum atomic E-state index is 6.25. The zero-order chi connectivity index (χ0) is 15.3. The minimum atomic E-state index is 0.264. The Balaban J connectivity index is 1.94. The highest BCUT2D eigenvalue weighted by atomic mass is 16.5. The molecule has 3 nitrogen and oxygen atoms in total. The number of rotatable bonds is 6. The summed E-state index contributed by atoms with van der Waals surface area (Å²) in [4.78, 5) is 2.69. The smallest absolute Gasteiger partial charge is 0.0702 e. The fourth-order valence-corrected chi connectivity index (χ4v) is 4.28. The van der Waals surface area contributed by atoms with Gasteiger partial charge in [-0.1, -0.05) is 20.8 Å². The quantitative estimate of drug-likeness (QED) is 0.816. The average molecular weight is 296 g/mol. The van der Waals surface area contributed by atoms with E-state index < -0.39 is 0 Å². The largest absolute Gasteiger partial charge is 0.377 e. The van der Waals surface area contributed by atoms with Gasteiger partial charge in [0, 0.05) is 25.2 Å². The SMILES string of the molecule is CCCOC1CCCN(C2(CN)CCC(C(C)C)CC2)C1. The summed E-state index contributed by atoms with van der Waals surface area (Å²) in [6.45, 7) is 11.0.